The molecule has 1 aliphatic rings. The van der Waals surface area contributed by atoms with Crippen molar-refractivity contribution in [1.29, 1.82) is 0 Å². The summed E-state index contributed by atoms with van der Waals surface area (Å²) in [5.74, 6) is 0. The molecule has 0 fully saturated rings. The lowest BCUT2D eigenvalue weighted by Crippen LogP contribution is -2.16. The van der Waals surface area contributed by atoms with E-state index in [0.29, 0.717) is 6.54 Å². The molecule has 3 aromatic rings. The van der Waals surface area contributed by atoms with Gasteiger partial charge in [0.2, 0.25) is 0 Å². The molecular weight excluding hydrogens is 284 g/mol. The normalized spacial score (nSPS) is 12.4. The van der Waals surface area contributed by atoms with Crippen molar-refractivity contribution < 1.29 is 0 Å². The second kappa shape index (κ2) is 5.65. The Kier molecular flexibility index (Phi) is 3.49. The molecule has 4 rings (SSSR count). The number of benzene rings is 1. The van der Waals surface area contributed by atoms with Crippen molar-refractivity contribution in [3.05, 3.63) is 63.9 Å². The Morgan fingerprint density at radius 1 is 1.13 bits per heavy atom. The first kappa shape index (κ1) is 14.2. The summed E-state index contributed by atoms with van der Waals surface area (Å²) >= 11 is 0. The van der Waals surface area contributed by atoms with Gasteiger partial charge in [-0.05, 0) is 42.7 Å². The number of hydrogen-bond acceptors (Lipinski definition) is 2. The minimum atomic E-state index is 0.0461. The molecule has 3 heteroatoms. The predicted molar refractivity (Wildman–Crippen MR) is 93.8 cm³/mol. The molecule has 116 valence electrons. The van der Waals surface area contributed by atoms with Crippen LogP contribution in [0.4, 0.5) is 0 Å². The first-order valence-corrected chi connectivity index (χ1v) is 8.39. The van der Waals surface area contributed by atoms with Crippen molar-refractivity contribution in [2.45, 2.75) is 39.2 Å². The van der Waals surface area contributed by atoms with Crippen LogP contribution in [0.5, 0.6) is 0 Å². The molecule has 0 amide bonds. The molecular formula is C20H20N2O. The number of pyridine rings is 2. The van der Waals surface area contributed by atoms with E-state index in [4.69, 9.17) is 4.98 Å². The first-order valence-electron chi connectivity index (χ1n) is 8.39. The van der Waals surface area contributed by atoms with Crippen molar-refractivity contribution in [2.24, 2.45) is 0 Å². The van der Waals surface area contributed by atoms with E-state index in [9.17, 15) is 4.79 Å². The quantitative estimate of drug-likeness (QED) is 0.531. The summed E-state index contributed by atoms with van der Waals surface area (Å²) in [6.07, 6.45) is 4.89. The lowest BCUT2D eigenvalue weighted by atomic mass is 10.0. The lowest BCUT2D eigenvalue weighted by molar-refractivity contribution is 0.718. The number of nitrogens with zero attached hydrogens (tertiary/aromatic N) is 2. The number of unbranched alkanes of at least 4 members (excludes halogenated alkanes) is 2. The summed E-state index contributed by atoms with van der Waals surface area (Å²) in [4.78, 5) is 16.8. The van der Waals surface area contributed by atoms with Crippen LogP contribution in [0.15, 0.2) is 47.3 Å². The Bertz CT molecular complexity index is 940. The monoisotopic (exact) mass is 304 g/mol. The van der Waals surface area contributed by atoms with E-state index >= 15 is 0 Å². The van der Waals surface area contributed by atoms with Crippen molar-refractivity contribution in [2.75, 3.05) is 0 Å². The zero-order valence-corrected chi connectivity index (χ0v) is 13.4. The Labute approximate surface area is 135 Å². The van der Waals surface area contributed by atoms with Gasteiger partial charge in [0.25, 0.3) is 5.56 Å². The minimum absolute atomic E-state index is 0.0461. The third-order valence-electron chi connectivity index (χ3n) is 4.65. The van der Waals surface area contributed by atoms with Gasteiger partial charge in [0, 0.05) is 17.0 Å². The standard InChI is InChI=1S/C20H20N2O/c1-2-3-4-6-14-9-10-17-15(11-14)12-16-13-22-18(20(16)21-17)7-5-8-19(22)23/h5,7-12H,2-4,6,13H2,1H3. The van der Waals surface area contributed by atoms with Crippen LogP contribution in [0.25, 0.3) is 22.3 Å². The lowest BCUT2D eigenvalue weighted by Gasteiger charge is -2.06. The highest BCUT2D eigenvalue weighted by Crippen LogP contribution is 2.31. The second-order valence-electron chi connectivity index (χ2n) is 6.32. The summed E-state index contributed by atoms with van der Waals surface area (Å²) in [5, 5.41) is 1.18. The SMILES string of the molecule is CCCCCc1ccc2nc3c(cc2c1)Cn1c-3cccc1=O. The molecule has 2 aromatic heterocycles. The van der Waals surface area contributed by atoms with Gasteiger partial charge in [0.05, 0.1) is 23.4 Å². The molecule has 0 radical (unpaired) electrons. The van der Waals surface area contributed by atoms with Crippen molar-refractivity contribution >= 4 is 10.9 Å². The maximum atomic E-state index is 12.0. The van der Waals surface area contributed by atoms with Gasteiger partial charge < -0.3 is 4.57 Å². The predicted octanol–water partition coefficient (Wildman–Crippen LogP) is 4.16. The third kappa shape index (κ3) is 2.46. The largest absolute Gasteiger partial charge is 0.302 e. The minimum Gasteiger partial charge on any atom is -0.302 e. The zero-order chi connectivity index (χ0) is 15.8. The Morgan fingerprint density at radius 2 is 2.04 bits per heavy atom. The van der Waals surface area contributed by atoms with Gasteiger partial charge in [-0.25, -0.2) is 4.98 Å². The fourth-order valence-electron chi connectivity index (χ4n) is 3.41. The zero-order valence-electron chi connectivity index (χ0n) is 13.4. The molecule has 0 saturated carbocycles. The summed E-state index contributed by atoms with van der Waals surface area (Å²) < 4.78 is 1.80. The van der Waals surface area contributed by atoms with E-state index in [1.54, 1.807) is 10.6 Å². The second-order valence-corrected chi connectivity index (χ2v) is 6.32. The molecule has 3 heterocycles. The molecule has 0 spiro atoms. The maximum absolute atomic E-state index is 12.0. The Morgan fingerprint density at radius 3 is 2.91 bits per heavy atom. The summed E-state index contributed by atoms with van der Waals surface area (Å²) in [6.45, 7) is 2.86. The van der Waals surface area contributed by atoms with Crippen LogP contribution in [-0.2, 0) is 13.0 Å². The van der Waals surface area contributed by atoms with Crippen LogP contribution in [0, 0.1) is 0 Å². The van der Waals surface area contributed by atoms with Gasteiger partial charge in [-0.3, -0.25) is 4.79 Å². The highest BCUT2D eigenvalue weighted by molar-refractivity contribution is 5.84. The van der Waals surface area contributed by atoms with E-state index in [-0.39, 0.29) is 5.56 Å². The fourth-order valence-corrected chi connectivity index (χ4v) is 3.41. The summed E-state index contributed by atoms with van der Waals surface area (Å²) in [5.41, 5.74) is 5.46. The smallest absolute Gasteiger partial charge is 0.251 e. The highest BCUT2D eigenvalue weighted by atomic mass is 16.1. The van der Waals surface area contributed by atoms with Gasteiger partial charge >= 0.3 is 0 Å². The van der Waals surface area contributed by atoms with E-state index in [1.807, 2.05) is 12.1 Å². The molecule has 23 heavy (non-hydrogen) atoms. The average molecular weight is 304 g/mol. The van der Waals surface area contributed by atoms with E-state index < -0.39 is 0 Å². The first-order chi connectivity index (χ1) is 11.3. The van der Waals surface area contributed by atoms with E-state index in [1.165, 1.54) is 30.2 Å². The molecule has 0 aliphatic carbocycles. The van der Waals surface area contributed by atoms with Gasteiger partial charge in [0.15, 0.2) is 0 Å². The van der Waals surface area contributed by atoms with Gasteiger partial charge in [-0.1, -0.05) is 31.9 Å². The Hall–Kier alpha value is -2.42. The van der Waals surface area contributed by atoms with Crippen molar-refractivity contribution in [3.63, 3.8) is 0 Å². The van der Waals surface area contributed by atoms with Crippen LogP contribution >= 0.6 is 0 Å². The number of aryl methyl sites for hydroxylation is 1. The van der Waals surface area contributed by atoms with Crippen molar-refractivity contribution in [3.8, 4) is 11.4 Å². The van der Waals surface area contributed by atoms with Crippen molar-refractivity contribution in [1.82, 2.24) is 9.55 Å². The molecule has 0 N–H and O–H groups in total. The molecule has 1 aromatic carbocycles. The average Bonchev–Trinajstić information content (AvgIpc) is 2.92. The number of fused-ring (bicyclic) bond motifs is 4. The number of hydrogen-bond donors (Lipinski definition) is 0. The molecule has 0 saturated heterocycles. The molecule has 1 aliphatic heterocycles. The Balaban J connectivity index is 1.76. The maximum Gasteiger partial charge on any atom is 0.251 e. The highest BCUT2D eigenvalue weighted by Gasteiger charge is 2.20. The van der Waals surface area contributed by atoms with E-state index in [0.717, 1.165) is 28.9 Å². The van der Waals surface area contributed by atoms with E-state index in [2.05, 4.69) is 31.2 Å². The molecule has 0 atom stereocenters. The summed E-state index contributed by atoms with van der Waals surface area (Å²) in [7, 11) is 0. The van der Waals surface area contributed by atoms with Crippen LogP contribution < -0.4 is 5.56 Å². The van der Waals surface area contributed by atoms with Crippen LogP contribution in [0.2, 0.25) is 0 Å². The van der Waals surface area contributed by atoms with Gasteiger partial charge in [-0.15, -0.1) is 0 Å². The summed E-state index contributed by atoms with van der Waals surface area (Å²) in [6, 6.07) is 14.2. The third-order valence-corrected chi connectivity index (χ3v) is 4.65. The molecule has 3 nitrogen and oxygen atoms in total. The van der Waals surface area contributed by atoms with Gasteiger partial charge in [-0.2, -0.15) is 0 Å². The van der Waals surface area contributed by atoms with Crippen LogP contribution in [0.1, 0.15) is 37.3 Å². The molecule has 0 bridgehead atoms. The number of rotatable bonds is 4. The van der Waals surface area contributed by atoms with Gasteiger partial charge in [0.1, 0.15) is 0 Å². The van der Waals surface area contributed by atoms with Crippen LogP contribution in [-0.4, -0.2) is 9.55 Å². The number of aromatic nitrogens is 2. The fraction of sp³-hybridized carbons (Fsp3) is 0.300. The topological polar surface area (TPSA) is 34.9 Å². The molecule has 0 unspecified atom stereocenters. The van der Waals surface area contributed by atoms with Crippen LogP contribution in [0.3, 0.4) is 0 Å².